The normalized spacial score (nSPS) is 9.47. The van der Waals surface area contributed by atoms with Gasteiger partial charge in [-0.1, -0.05) is 11.6 Å². The highest BCUT2D eigenvalue weighted by molar-refractivity contribution is 9.10. The van der Waals surface area contributed by atoms with Gasteiger partial charge in [0.2, 0.25) is 0 Å². The minimum atomic E-state index is -0.552. The molecule has 0 atom stereocenters. The summed E-state index contributed by atoms with van der Waals surface area (Å²) < 4.78 is 5.22. The van der Waals surface area contributed by atoms with Crippen molar-refractivity contribution in [3.63, 3.8) is 0 Å². The van der Waals surface area contributed by atoms with E-state index in [1.807, 2.05) is 6.07 Å². The smallest absolute Gasteiger partial charge is 0.340 e. The maximum Gasteiger partial charge on any atom is 0.340 e. The summed E-state index contributed by atoms with van der Waals surface area (Å²) in [5, 5.41) is 9.20. The van der Waals surface area contributed by atoms with Crippen molar-refractivity contribution in [2.75, 3.05) is 6.61 Å². The summed E-state index contributed by atoms with van der Waals surface area (Å²) in [5.74, 6) is -0.552. The van der Waals surface area contributed by atoms with Gasteiger partial charge in [-0.2, -0.15) is 5.26 Å². The fourth-order valence-electron chi connectivity index (χ4n) is 1.05. The number of rotatable bonds is 2. The van der Waals surface area contributed by atoms with E-state index in [1.54, 1.807) is 13.0 Å². The third-order valence-electron chi connectivity index (χ3n) is 1.69. The minimum Gasteiger partial charge on any atom is -0.462 e. The van der Waals surface area contributed by atoms with Gasteiger partial charge in [0.15, 0.2) is 0 Å². The highest BCUT2D eigenvalue weighted by atomic mass is 79.9. The van der Waals surface area contributed by atoms with Crippen LogP contribution in [0.3, 0.4) is 0 Å². The van der Waals surface area contributed by atoms with Crippen molar-refractivity contribution in [2.24, 2.45) is 0 Å². The third kappa shape index (κ3) is 2.49. The van der Waals surface area contributed by atoms with Crippen molar-refractivity contribution in [1.29, 1.82) is 5.26 Å². The summed E-state index contributed by atoms with van der Waals surface area (Å²) in [5.41, 5.74) is 0.413. The second kappa shape index (κ2) is 5.15. The molecule has 0 spiro atoms. The fourth-order valence-corrected chi connectivity index (χ4v) is 1.71. The van der Waals surface area contributed by atoms with Crippen LogP contribution in [0.5, 0.6) is 0 Å². The molecule has 5 heteroatoms. The molecule has 0 N–H and O–H groups in total. The zero-order valence-corrected chi connectivity index (χ0v) is 10.2. The van der Waals surface area contributed by atoms with Gasteiger partial charge in [0.1, 0.15) is 6.07 Å². The molecule has 1 rings (SSSR count). The van der Waals surface area contributed by atoms with E-state index in [9.17, 15) is 4.79 Å². The van der Waals surface area contributed by atoms with Crippen LogP contribution in [0.4, 0.5) is 0 Å². The van der Waals surface area contributed by atoms with Crippen molar-refractivity contribution >= 4 is 33.5 Å². The van der Waals surface area contributed by atoms with Crippen LogP contribution in [0.25, 0.3) is 0 Å². The van der Waals surface area contributed by atoms with E-state index < -0.39 is 5.97 Å². The Morgan fingerprint density at radius 1 is 1.67 bits per heavy atom. The molecule has 0 aliphatic carbocycles. The molecule has 15 heavy (non-hydrogen) atoms. The van der Waals surface area contributed by atoms with Crippen LogP contribution in [0.1, 0.15) is 22.8 Å². The molecule has 0 saturated heterocycles. The fraction of sp³-hybridized carbons (Fsp3) is 0.200. The maximum absolute atomic E-state index is 11.5. The number of nitriles is 1. The predicted octanol–water partition coefficient (Wildman–Crippen LogP) is 3.15. The first-order chi connectivity index (χ1) is 7.11. The summed E-state index contributed by atoms with van der Waals surface area (Å²) in [6, 6.07) is 4.95. The molecule has 0 unspecified atom stereocenters. The number of hydrogen-bond acceptors (Lipinski definition) is 3. The Hall–Kier alpha value is -1.05. The summed E-state index contributed by atoms with van der Waals surface area (Å²) >= 11 is 8.98. The molecule has 78 valence electrons. The van der Waals surface area contributed by atoms with Gasteiger partial charge in [-0.05, 0) is 35.0 Å². The maximum atomic E-state index is 11.5. The number of hydrogen-bond donors (Lipinski definition) is 0. The Labute approximate surface area is 101 Å². The molecule has 3 nitrogen and oxygen atoms in total. The van der Waals surface area contributed by atoms with Gasteiger partial charge in [0.25, 0.3) is 0 Å². The third-order valence-corrected chi connectivity index (χ3v) is 3.06. The Bertz CT molecular complexity index is 440. The number of carbonyl (C=O) groups is 1. The lowest BCUT2D eigenvalue weighted by Gasteiger charge is -2.07. The molecular weight excluding hydrogens is 281 g/mol. The molecular formula is C10H7BrClNO2. The van der Waals surface area contributed by atoms with Crippen molar-refractivity contribution < 1.29 is 9.53 Å². The average Bonchev–Trinajstić information content (AvgIpc) is 2.22. The van der Waals surface area contributed by atoms with Crippen LogP contribution in [0.15, 0.2) is 16.6 Å². The molecule has 0 aromatic heterocycles. The van der Waals surface area contributed by atoms with Gasteiger partial charge in [0, 0.05) is 0 Å². The number of ether oxygens (including phenoxy) is 1. The molecule has 0 heterocycles. The summed E-state index contributed by atoms with van der Waals surface area (Å²) in [7, 11) is 0. The topological polar surface area (TPSA) is 50.1 Å². The molecule has 1 aromatic carbocycles. The van der Waals surface area contributed by atoms with Crippen molar-refractivity contribution in [3.8, 4) is 6.07 Å². The van der Waals surface area contributed by atoms with Crippen LogP contribution >= 0.6 is 27.5 Å². The van der Waals surface area contributed by atoms with E-state index in [4.69, 9.17) is 21.6 Å². The molecule has 0 bridgehead atoms. The Morgan fingerprint density at radius 2 is 2.33 bits per heavy atom. The number of halogens is 2. The van der Waals surface area contributed by atoms with E-state index in [0.717, 1.165) is 0 Å². The van der Waals surface area contributed by atoms with Crippen molar-refractivity contribution in [2.45, 2.75) is 6.92 Å². The Balaban J connectivity index is 3.31. The van der Waals surface area contributed by atoms with Gasteiger partial charge in [-0.3, -0.25) is 0 Å². The van der Waals surface area contributed by atoms with Gasteiger partial charge >= 0.3 is 5.97 Å². The number of esters is 1. The number of carbonyl (C=O) groups excluding carboxylic acids is 1. The Kier molecular flexibility index (Phi) is 4.13. The first-order valence-corrected chi connectivity index (χ1v) is 5.34. The quantitative estimate of drug-likeness (QED) is 0.786. The average molecular weight is 289 g/mol. The zero-order valence-electron chi connectivity index (χ0n) is 7.88. The SMILES string of the molecule is CCOC(=O)c1c(C#N)ccc(Cl)c1Br. The first-order valence-electron chi connectivity index (χ1n) is 4.17. The van der Waals surface area contributed by atoms with Gasteiger partial charge in [0.05, 0.1) is 27.2 Å². The predicted molar refractivity (Wildman–Crippen MR) is 59.8 cm³/mol. The highest BCUT2D eigenvalue weighted by Gasteiger charge is 2.18. The molecule has 0 aliphatic heterocycles. The van der Waals surface area contributed by atoms with Crippen LogP contribution in [0, 0.1) is 11.3 Å². The molecule has 0 radical (unpaired) electrons. The van der Waals surface area contributed by atoms with Crippen LogP contribution in [-0.2, 0) is 4.74 Å². The standard InChI is InChI=1S/C10H7BrClNO2/c1-2-15-10(14)8-6(5-13)3-4-7(12)9(8)11/h3-4H,2H2,1H3. The van der Waals surface area contributed by atoms with Crippen LogP contribution in [0.2, 0.25) is 5.02 Å². The van der Waals surface area contributed by atoms with Crippen molar-refractivity contribution in [1.82, 2.24) is 0 Å². The summed E-state index contributed by atoms with van der Waals surface area (Å²) in [4.78, 5) is 11.5. The monoisotopic (exact) mass is 287 g/mol. The van der Waals surface area contributed by atoms with Gasteiger partial charge < -0.3 is 4.74 Å². The Morgan fingerprint density at radius 3 is 2.87 bits per heavy atom. The van der Waals surface area contributed by atoms with E-state index in [2.05, 4.69) is 15.9 Å². The van der Waals surface area contributed by atoms with E-state index in [1.165, 1.54) is 6.07 Å². The van der Waals surface area contributed by atoms with Gasteiger partial charge in [-0.15, -0.1) is 0 Å². The van der Waals surface area contributed by atoms with Gasteiger partial charge in [-0.25, -0.2) is 4.79 Å². The second-order valence-electron chi connectivity index (χ2n) is 2.62. The molecule has 0 amide bonds. The summed E-state index contributed by atoms with van der Waals surface area (Å²) in [6.07, 6.45) is 0. The van der Waals surface area contributed by atoms with Crippen LogP contribution < -0.4 is 0 Å². The number of benzene rings is 1. The molecule has 0 aliphatic rings. The largest absolute Gasteiger partial charge is 0.462 e. The van der Waals surface area contributed by atoms with Crippen molar-refractivity contribution in [3.05, 3.63) is 32.8 Å². The minimum absolute atomic E-state index is 0.173. The number of nitrogens with zero attached hydrogens (tertiary/aromatic N) is 1. The molecule has 0 fully saturated rings. The lowest BCUT2D eigenvalue weighted by atomic mass is 10.1. The lowest BCUT2D eigenvalue weighted by molar-refractivity contribution is 0.0525. The lowest BCUT2D eigenvalue weighted by Crippen LogP contribution is -2.08. The first kappa shape index (κ1) is 12.0. The zero-order chi connectivity index (χ0) is 11.4. The second-order valence-corrected chi connectivity index (χ2v) is 3.82. The molecule has 0 saturated carbocycles. The molecule has 1 aromatic rings. The van der Waals surface area contributed by atoms with E-state index in [-0.39, 0.29) is 17.7 Å². The van der Waals surface area contributed by atoms with E-state index in [0.29, 0.717) is 9.50 Å². The highest BCUT2D eigenvalue weighted by Crippen LogP contribution is 2.29. The van der Waals surface area contributed by atoms with E-state index >= 15 is 0 Å². The van der Waals surface area contributed by atoms with Crippen LogP contribution in [-0.4, -0.2) is 12.6 Å². The summed E-state index contributed by atoms with van der Waals surface area (Å²) in [6.45, 7) is 1.95.